The van der Waals surface area contributed by atoms with Crippen molar-refractivity contribution in [3.8, 4) is 0 Å². The zero-order valence-corrected chi connectivity index (χ0v) is 6.54. The number of aliphatic hydroxyl groups excluding tert-OH is 2. The molecule has 1 atom stereocenters. The van der Waals surface area contributed by atoms with Crippen LogP contribution in [0.5, 0.6) is 0 Å². The van der Waals surface area contributed by atoms with Gasteiger partial charge in [0.15, 0.2) is 0 Å². The van der Waals surface area contributed by atoms with E-state index in [-0.39, 0.29) is 12.0 Å². The molecular formula is C7H8F3NO2. The first-order valence-corrected chi connectivity index (χ1v) is 3.57. The highest BCUT2D eigenvalue weighted by atomic mass is 19.4. The molecule has 0 aromatic carbocycles. The van der Waals surface area contributed by atoms with Gasteiger partial charge in [-0.2, -0.15) is 13.2 Å². The Kier molecular flexibility index (Phi) is 2.72. The molecule has 2 N–H and O–H groups in total. The van der Waals surface area contributed by atoms with E-state index < -0.39 is 24.7 Å². The van der Waals surface area contributed by atoms with E-state index in [1.54, 1.807) is 0 Å². The van der Waals surface area contributed by atoms with E-state index in [9.17, 15) is 13.2 Å². The van der Waals surface area contributed by atoms with Gasteiger partial charge in [0.1, 0.15) is 11.9 Å². The van der Waals surface area contributed by atoms with Crippen LogP contribution in [0.25, 0.3) is 0 Å². The van der Waals surface area contributed by atoms with Gasteiger partial charge in [0.25, 0.3) is 0 Å². The Morgan fingerprint density at radius 1 is 1.54 bits per heavy atom. The molecule has 0 aliphatic carbocycles. The lowest BCUT2D eigenvalue weighted by atomic mass is 10.1. The SMILES string of the molecule is OCC1=CC(C(F)(F)F)=NC(O)C1. The molecule has 1 heterocycles. The minimum absolute atomic E-state index is 0.0456. The van der Waals surface area contributed by atoms with E-state index in [1.165, 1.54) is 0 Å². The highest BCUT2D eigenvalue weighted by Crippen LogP contribution is 2.24. The molecule has 0 saturated heterocycles. The van der Waals surface area contributed by atoms with Crippen LogP contribution in [0.1, 0.15) is 6.42 Å². The highest BCUT2D eigenvalue weighted by Gasteiger charge is 2.36. The number of nitrogens with zero attached hydrogens (tertiary/aromatic N) is 1. The average Bonchev–Trinajstić information content (AvgIpc) is 2.01. The number of aliphatic hydroxyl groups is 2. The largest absolute Gasteiger partial charge is 0.433 e. The third-order valence-corrected chi connectivity index (χ3v) is 1.57. The number of dihydropyridines is 1. The summed E-state index contributed by atoms with van der Waals surface area (Å²) in [5.41, 5.74) is -1.01. The third-order valence-electron chi connectivity index (χ3n) is 1.57. The fourth-order valence-electron chi connectivity index (χ4n) is 0.995. The summed E-state index contributed by atoms with van der Waals surface area (Å²) in [5, 5.41) is 17.5. The van der Waals surface area contributed by atoms with Gasteiger partial charge in [-0.05, 0) is 11.6 Å². The molecule has 1 aliphatic rings. The number of rotatable bonds is 1. The Balaban J connectivity index is 2.91. The van der Waals surface area contributed by atoms with Gasteiger partial charge in [-0.1, -0.05) is 0 Å². The third kappa shape index (κ3) is 2.53. The lowest BCUT2D eigenvalue weighted by molar-refractivity contribution is -0.0592. The Morgan fingerprint density at radius 3 is 2.62 bits per heavy atom. The van der Waals surface area contributed by atoms with Crippen LogP contribution in [0, 0.1) is 0 Å². The summed E-state index contributed by atoms with van der Waals surface area (Å²) in [6.07, 6.45) is -5.26. The van der Waals surface area contributed by atoms with E-state index in [0.29, 0.717) is 0 Å². The number of hydrogen-bond acceptors (Lipinski definition) is 3. The zero-order chi connectivity index (χ0) is 10.1. The second-order valence-corrected chi connectivity index (χ2v) is 2.66. The quantitative estimate of drug-likeness (QED) is 0.644. The summed E-state index contributed by atoms with van der Waals surface area (Å²) in [6, 6.07) is 0. The van der Waals surface area contributed by atoms with Crippen molar-refractivity contribution in [3.05, 3.63) is 11.6 Å². The van der Waals surface area contributed by atoms with Crippen LogP contribution in [0.4, 0.5) is 13.2 Å². The Hall–Kier alpha value is -0.880. The number of aliphatic imine (C=N–C) groups is 1. The summed E-state index contributed by atoms with van der Waals surface area (Å²) in [7, 11) is 0. The van der Waals surface area contributed by atoms with Crippen molar-refractivity contribution in [2.45, 2.75) is 18.8 Å². The van der Waals surface area contributed by atoms with Gasteiger partial charge in [0, 0.05) is 6.42 Å². The smallest absolute Gasteiger partial charge is 0.392 e. The van der Waals surface area contributed by atoms with Gasteiger partial charge < -0.3 is 10.2 Å². The molecule has 74 valence electrons. The van der Waals surface area contributed by atoms with Crippen LogP contribution in [0.3, 0.4) is 0 Å². The Bertz CT molecular complexity index is 257. The predicted molar refractivity (Wildman–Crippen MR) is 39.3 cm³/mol. The van der Waals surface area contributed by atoms with Gasteiger partial charge in [-0.15, -0.1) is 0 Å². The number of halogens is 3. The van der Waals surface area contributed by atoms with Crippen LogP contribution in [-0.4, -0.2) is 34.9 Å². The molecule has 0 saturated carbocycles. The number of alkyl halides is 3. The van der Waals surface area contributed by atoms with E-state index in [1.807, 2.05) is 0 Å². The monoisotopic (exact) mass is 195 g/mol. The molecule has 13 heavy (non-hydrogen) atoms. The van der Waals surface area contributed by atoms with Crippen molar-refractivity contribution >= 4 is 5.71 Å². The minimum atomic E-state index is -4.57. The molecule has 1 aliphatic heterocycles. The Labute approximate surface area is 72.2 Å². The second kappa shape index (κ2) is 3.47. The maximum atomic E-state index is 12.1. The highest BCUT2D eigenvalue weighted by molar-refractivity contribution is 6.00. The average molecular weight is 195 g/mol. The van der Waals surface area contributed by atoms with Crippen molar-refractivity contribution in [1.82, 2.24) is 0 Å². The van der Waals surface area contributed by atoms with Gasteiger partial charge in [0.05, 0.1) is 6.61 Å². The molecule has 0 spiro atoms. The summed E-state index contributed by atoms with van der Waals surface area (Å²) in [4.78, 5) is 3.01. The fraction of sp³-hybridized carbons (Fsp3) is 0.571. The first-order chi connectivity index (χ1) is 5.93. The van der Waals surface area contributed by atoms with E-state index >= 15 is 0 Å². The van der Waals surface area contributed by atoms with E-state index in [4.69, 9.17) is 10.2 Å². The van der Waals surface area contributed by atoms with Gasteiger partial charge in [-0.25, -0.2) is 4.99 Å². The fourth-order valence-corrected chi connectivity index (χ4v) is 0.995. The summed E-state index contributed by atoms with van der Waals surface area (Å²) in [6.45, 7) is -0.494. The molecule has 6 heteroatoms. The molecule has 0 aromatic heterocycles. The predicted octanol–water partition coefficient (Wildman–Crippen LogP) is 0.631. The second-order valence-electron chi connectivity index (χ2n) is 2.66. The molecule has 0 bridgehead atoms. The standard InChI is InChI=1S/C7H8F3NO2/c8-7(9,10)5-1-4(3-12)2-6(13)11-5/h1,6,12-13H,2-3H2. The van der Waals surface area contributed by atoms with Crippen molar-refractivity contribution in [2.75, 3.05) is 6.61 Å². The summed E-state index contributed by atoms with van der Waals surface area (Å²) < 4.78 is 36.2. The van der Waals surface area contributed by atoms with Crippen molar-refractivity contribution in [3.63, 3.8) is 0 Å². The maximum Gasteiger partial charge on any atom is 0.433 e. The van der Waals surface area contributed by atoms with Crippen LogP contribution >= 0.6 is 0 Å². The van der Waals surface area contributed by atoms with Crippen molar-refractivity contribution in [1.29, 1.82) is 0 Å². The molecule has 0 aromatic rings. The minimum Gasteiger partial charge on any atom is -0.392 e. The molecule has 0 radical (unpaired) electrons. The molecule has 1 rings (SSSR count). The van der Waals surface area contributed by atoms with E-state index in [2.05, 4.69) is 4.99 Å². The van der Waals surface area contributed by atoms with Gasteiger partial charge in [0.2, 0.25) is 0 Å². The van der Waals surface area contributed by atoms with E-state index in [0.717, 1.165) is 6.08 Å². The first-order valence-electron chi connectivity index (χ1n) is 3.57. The van der Waals surface area contributed by atoms with Crippen LogP contribution in [-0.2, 0) is 0 Å². The molecule has 3 nitrogen and oxygen atoms in total. The number of allylic oxidation sites excluding steroid dienone is 1. The van der Waals surface area contributed by atoms with Crippen molar-refractivity contribution < 1.29 is 23.4 Å². The summed E-state index contributed by atoms with van der Waals surface area (Å²) in [5.74, 6) is 0. The summed E-state index contributed by atoms with van der Waals surface area (Å²) >= 11 is 0. The maximum absolute atomic E-state index is 12.1. The topological polar surface area (TPSA) is 52.8 Å². The van der Waals surface area contributed by atoms with Crippen LogP contribution < -0.4 is 0 Å². The molecular weight excluding hydrogens is 187 g/mol. The Morgan fingerprint density at radius 2 is 2.15 bits per heavy atom. The lowest BCUT2D eigenvalue weighted by Crippen LogP contribution is -2.27. The van der Waals surface area contributed by atoms with Gasteiger partial charge in [-0.3, -0.25) is 0 Å². The lowest BCUT2D eigenvalue weighted by Gasteiger charge is -2.17. The molecule has 1 unspecified atom stereocenters. The number of hydrogen-bond donors (Lipinski definition) is 2. The van der Waals surface area contributed by atoms with Crippen molar-refractivity contribution in [2.24, 2.45) is 4.99 Å². The molecule has 0 fully saturated rings. The zero-order valence-electron chi connectivity index (χ0n) is 6.54. The van der Waals surface area contributed by atoms with Crippen LogP contribution in [0.15, 0.2) is 16.6 Å². The van der Waals surface area contributed by atoms with Crippen LogP contribution in [0.2, 0.25) is 0 Å². The first kappa shape index (κ1) is 10.2. The molecule has 0 amide bonds. The normalized spacial score (nSPS) is 23.9. The van der Waals surface area contributed by atoms with Gasteiger partial charge >= 0.3 is 6.18 Å².